The molecule has 3 rings (SSSR count). The molecule has 1 aromatic rings. The first kappa shape index (κ1) is 19.4. The van der Waals surface area contributed by atoms with Crippen molar-refractivity contribution in [3.05, 3.63) is 35.4 Å². The molecule has 1 aromatic carbocycles. The molecule has 146 valence electrons. The van der Waals surface area contributed by atoms with E-state index in [4.69, 9.17) is 0 Å². The fraction of sp³-hybridized carbons (Fsp3) is 0.571. The fourth-order valence-corrected chi connectivity index (χ4v) is 3.73. The van der Waals surface area contributed by atoms with Crippen LogP contribution in [0.5, 0.6) is 0 Å². The van der Waals surface area contributed by atoms with Crippen molar-refractivity contribution in [1.82, 2.24) is 15.1 Å². The smallest absolute Gasteiger partial charge is 0.253 e. The lowest BCUT2D eigenvalue weighted by atomic mass is 10.1. The monoisotopic (exact) mass is 371 g/mol. The molecule has 2 heterocycles. The summed E-state index contributed by atoms with van der Waals surface area (Å²) in [6.07, 6.45) is 6.77. The molecule has 0 aliphatic carbocycles. The second kappa shape index (κ2) is 9.53. The maximum absolute atomic E-state index is 12.6. The highest BCUT2D eigenvalue weighted by Crippen LogP contribution is 2.14. The van der Waals surface area contributed by atoms with E-state index in [-0.39, 0.29) is 24.3 Å². The van der Waals surface area contributed by atoms with Gasteiger partial charge in [-0.2, -0.15) is 0 Å². The van der Waals surface area contributed by atoms with E-state index in [2.05, 4.69) is 5.32 Å². The van der Waals surface area contributed by atoms with Crippen molar-refractivity contribution in [3.8, 4) is 0 Å². The van der Waals surface area contributed by atoms with E-state index in [9.17, 15) is 14.4 Å². The number of likely N-dealkylation sites (tertiary alicyclic amines) is 2. The molecule has 0 atom stereocenters. The lowest BCUT2D eigenvalue weighted by Crippen LogP contribution is -2.40. The Labute approximate surface area is 160 Å². The molecule has 0 unspecified atom stereocenters. The van der Waals surface area contributed by atoms with Gasteiger partial charge in [-0.3, -0.25) is 14.4 Å². The maximum Gasteiger partial charge on any atom is 0.253 e. The number of carbonyl (C=O) groups is 3. The van der Waals surface area contributed by atoms with Crippen LogP contribution in [0.3, 0.4) is 0 Å². The van der Waals surface area contributed by atoms with Gasteiger partial charge in [0.25, 0.3) is 5.91 Å². The standard InChI is InChI=1S/C21H29N3O3/c25-19(16-24-13-4-1-3-10-20(24)26)22-15-17-8-7-9-18(14-17)21(27)23-11-5-2-6-12-23/h7-9,14H,1-6,10-13,15-16H2,(H,22,25). The van der Waals surface area contributed by atoms with Gasteiger partial charge in [0.05, 0.1) is 6.54 Å². The van der Waals surface area contributed by atoms with E-state index < -0.39 is 0 Å². The molecule has 1 N–H and O–H groups in total. The van der Waals surface area contributed by atoms with Gasteiger partial charge in [0, 0.05) is 38.2 Å². The maximum atomic E-state index is 12.6. The van der Waals surface area contributed by atoms with E-state index in [0.29, 0.717) is 25.1 Å². The summed E-state index contributed by atoms with van der Waals surface area (Å²) in [5.74, 6) is -0.0205. The average Bonchev–Trinajstić information content (AvgIpc) is 2.91. The first-order valence-corrected chi connectivity index (χ1v) is 10.1. The SMILES string of the molecule is O=C(CN1CCCCCC1=O)NCc1cccc(C(=O)N2CCCCC2)c1. The second-order valence-corrected chi connectivity index (χ2v) is 7.46. The molecule has 0 saturated carbocycles. The zero-order valence-electron chi connectivity index (χ0n) is 15.9. The van der Waals surface area contributed by atoms with Crippen molar-refractivity contribution in [3.63, 3.8) is 0 Å². The van der Waals surface area contributed by atoms with Crippen LogP contribution >= 0.6 is 0 Å². The minimum absolute atomic E-state index is 0.0665. The summed E-state index contributed by atoms with van der Waals surface area (Å²) in [6.45, 7) is 2.78. The van der Waals surface area contributed by atoms with Gasteiger partial charge in [-0.25, -0.2) is 0 Å². The van der Waals surface area contributed by atoms with Crippen LogP contribution in [0.15, 0.2) is 24.3 Å². The van der Waals surface area contributed by atoms with Gasteiger partial charge in [-0.15, -0.1) is 0 Å². The molecule has 6 nitrogen and oxygen atoms in total. The van der Waals surface area contributed by atoms with Crippen LogP contribution in [0.25, 0.3) is 0 Å². The molecule has 2 saturated heterocycles. The van der Waals surface area contributed by atoms with Crippen molar-refractivity contribution < 1.29 is 14.4 Å². The lowest BCUT2D eigenvalue weighted by Gasteiger charge is -2.26. The number of carbonyl (C=O) groups excluding carboxylic acids is 3. The van der Waals surface area contributed by atoms with Crippen LogP contribution in [-0.4, -0.2) is 53.7 Å². The van der Waals surface area contributed by atoms with Gasteiger partial charge in [0.15, 0.2) is 0 Å². The molecule has 6 heteroatoms. The largest absolute Gasteiger partial charge is 0.350 e. The van der Waals surface area contributed by atoms with E-state index in [1.165, 1.54) is 6.42 Å². The van der Waals surface area contributed by atoms with Gasteiger partial charge in [0.2, 0.25) is 11.8 Å². The Balaban J connectivity index is 1.52. The highest BCUT2D eigenvalue weighted by molar-refractivity contribution is 5.94. The van der Waals surface area contributed by atoms with E-state index in [0.717, 1.165) is 50.8 Å². The average molecular weight is 371 g/mol. The summed E-state index contributed by atoms with van der Waals surface area (Å²) in [7, 11) is 0. The molecular formula is C21H29N3O3. The fourth-order valence-electron chi connectivity index (χ4n) is 3.73. The second-order valence-electron chi connectivity index (χ2n) is 7.46. The van der Waals surface area contributed by atoms with E-state index in [1.54, 1.807) is 4.90 Å². The van der Waals surface area contributed by atoms with Crippen molar-refractivity contribution >= 4 is 17.7 Å². The molecule has 2 aliphatic heterocycles. The van der Waals surface area contributed by atoms with Gasteiger partial charge in [-0.1, -0.05) is 18.6 Å². The number of benzene rings is 1. The van der Waals surface area contributed by atoms with Crippen LogP contribution in [0.1, 0.15) is 60.9 Å². The molecule has 27 heavy (non-hydrogen) atoms. The van der Waals surface area contributed by atoms with Gasteiger partial charge in [0.1, 0.15) is 0 Å². The number of amides is 3. The normalized spacial score (nSPS) is 18.1. The van der Waals surface area contributed by atoms with Gasteiger partial charge in [-0.05, 0) is 49.8 Å². The first-order chi connectivity index (χ1) is 13.1. The van der Waals surface area contributed by atoms with Crippen LogP contribution in [0.4, 0.5) is 0 Å². The van der Waals surface area contributed by atoms with Crippen molar-refractivity contribution in [2.45, 2.75) is 51.5 Å². The topological polar surface area (TPSA) is 69.7 Å². The summed E-state index contributed by atoms with van der Waals surface area (Å²) in [6, 6.07) is 7.45. The molecule has 0 bridgehead atoms. The third kappa shape index (κ3) is 5.55. The number of nitrogens with one attached hydrogen (secondary N) is 1. The Morgan fingerprint density at radius 3 is 2.52 bits per heavy atom. The van der Waals surface area contributed by atoms with Crippen molar-refractivity contribution in [2.24, 2.45) is 0 Å². The zero-order chi connectivity index (χ0) is 19.1. The molecular weight excluding hydrogens is 342 g/mol. The van der Waals surface area contributed by atoms with Gasteiger partial charge < -0.3 is 15.1 Å². The summed E-state index contributed by atoms with van der Waals surface area (Å²) in [5.41, 5.74) is 1.57. The number of hydrogen-bond acceptors (Lipinski definition) is 3. The Bertz CT molecular complexity index is 683. The predicted molar refractivity (Wildman–Crippen MR) is 103 cm³/mol. The summed E-state index contributed by atoms with van der Waals surface area (Å²) < 4.78 is 0. The van der Waals surface area contributed by atoms with Crippen LogP contribution < -0.4 is 5.32 Å². The lowest BCUT2D eigenvalue weighted by molar-refractivity contribution is -0.135. The Morgan fingerprint density at radius 1 is 0.963 bits per heavy atom. The van der Waals surface area contributed by atoms with Gasteiger partial charge >= 0.3 is 0 Å². The van der Waals surface area contributed by atoms with Crippen LogP contribution in [-0.2, 0) is 16.1 Å². The Morgan fingerprint density at radius 2 is 1.70 bits per heavy atom. The van der Waals surface area contributed by atoms with Crippen LogP contribution in [0, 0.1) is 0 Å². The number of rotatable bonds is 5. The Hall–Kier alpha value is -2.37. The molecule has 0 spiro atoms. The van der Waals surface area contributed by atoms with Crippen molar-refractivity contribution in [2.75, 3.05) is 26.2 Å². The summed E-state index contributed by atoms with van der Waals surface area (Å²) in [4.78, 5) is 40.4. The minimum Gasteiger partial charge on any atom is -0.350 e. The van der Waals surface area contributed by atoms with Crippen LogP contribution in [0.2, 0.25) is 0 Å². The number of hydrogen-bond donors (Lipinski definition) is 1. The van der Waals surface area contributed by atoms with Crippen molar-refractivity contribution in [1.29, 1.82) is 0 Å². The molecule has 3 amide bonds. The summed E-state index contributed by atoms with van der Waals surface area (Å²) in [5, 5.41) is 2.88. The molecule has 0 radical (unpaired) electrons. The minimum atomic E-state index is -0.155. The number of piperidine rings is 1. The predicted octanol–water partition coefficient (Wildman–Crippen LogP) is 2.33. The molecule has 0 aromatic heterocycles. The quantitative estimate of drug-likeness (QED) is 0.864. The Kier molecular flexibility index (Phi) is 6.85. The highest BCUT2D eigenvalue weighted by atomic mass is 16.2. The molecule has 2 fully saturated rings. The van der Waals surface area contributed by atoms with E-state index >= 15 is 0 Å². The third-order valence-corrected chi connectivity index (χ3v) is 5.31. The molecule has 2 aliphatic rings. The third-order valence-electron chi connectivity index (χ3n) is 5.31. The van der Waals surface area contributed by atoms with E-state index in [1.807, 2.05) is 29.2 Å². The number of nitrogens with zero attached hydrogens (tertiary/aromatic N) is 2. The highest BCUT2D eigenvalue weighted by Gasteiger charge is 2.20. The first-order valence-electron chi connectivity index (χ1n) is 10.1. The summed E-state index contributed by atoms with van der Waals surface area (Å²) >= 11 is 0. The zero-order valence-corrected chi connectivity index (χ0v) is 15.9.